The van der Waals surface area contributed by atoms with E-state index in [4.69, 9.17) is 0 Å². The van der Waals surface area contributed by atoms with Crippen molar-refractivity contribution < 1.29 is 10.2 Å². The standard InChI is InChI=1S/C32H26O2/c1-21-3-7-23(8-4-21)29-19-32(26-13-17-28(34)18-14-26)30(24-9-5-22(2)6-10-24)20-31(29)25-11-15-27(33)16-12-25/h3-20,33-34H,1-2H3. The molecule has 0 atom stereocenters. The molecule has 0 bridgehead atoms. The minimum absolute atomic E-state index is 0.250. The van der Waals surface area contributed by atoms with Crippen LogP contribution in [-0.2, 0) is 0 Å². The predicted octanol–water partition coefficient (Wildman–Crippen LogP) is 8.38. The molecule has 0 saturated heterocycles. The molecule has 5 aromatic rings. The Balaban J connectivity index is 1.83. The number of hydrogen-bond donors (Lipinski definition) is 2. The molecule has 5 rings (SSSR count). The van der Waals surface area contributed by atoms with E-state index in [-0.39, 0.29) is 11.5 Å². The molecule has 0 aliphatic carbocycles. The van der Waals surface area contributed by atoms with Crippen molar-refractivity contribution in [1.29, 1.82) is 0 Å². The van der Waals surface area contributed by atoms with Crippen LogP contribution in [0.5, 0.6) is 11.5 Å². The quantitative estimate of drug-likeness (QED) is 0.293. The first-order chi connectivity index (χ1) is 16.5. The lowest BCUT2D eigenvalue weighted by atomic mass is 9.85. The van der Waals surface area contributed by atoms with Gasteiger partial charge in [0.25, 0.3) is 0 Å². The normalized spacial score (nSPS) is 10.9. The molecule has 2 nitrogen and oxygen atoms in total. The fourth-order valence-corrected chi connectivity index (χ4v) is 4.30. The second kappa shape index (κ2) is 8.92. The lowest BCUT2D eigenvalue weighted by Crippen LogP contribution is -1.92. The fraction of sp³-hybridized carbons (Fsp3) is 0.0625. The number of benzene rings is 5. The molecule has 0 aromatic heterocycles. The second-order valence-electron chi connectivity index (χ2n) is 8.77. The van der Waals surface area contributed by atoms with Crippen molar-refractivity contribution in [3.63, 3.8) is 0 Å². The molecule has 0 fully saturated rings. The van der Waals surface area contributed by atoms with E-state index in [0.29, 0.717) is 0 Å². The first-order valence-corrected chi connectivity index (χ1v) is 11.4. The second-order valence-corrected chi connectivity index (χ2v) is 8.77. The Bertz CT molecular complexity index is 1200. The average Bonchev–Trinajstić information content (AvgIpc) is 2.85. The van der Waals surface area contributed by atoms with Gasteiger partial charge in [-0.1, -0.05) is 83.9 Å². The van der Waals surface area contributed by atoms with E-state index in [2.05, 4.69) is 74.5 Å². The first-order valence-electron chi connectivity index (χ1n) is 11.4. The largest absolute Gasteiger partial charge is 0.508 e. The molecule has 0 amide bonds. The molecule has 0 aliphatic rings. The lowest BCUT2D eigenvalue weighted by molar-refractivity contribution is 0.475. The van der Waals surface area contributed by atoms with Gasteiger partial charge in [-0.2, -0.15) is 0 Å². The van der Waals surface area contributed by atoms with Crippen LogP contribution >= 0.6 is 0 Å². The third kappa shape index (κ3) is 4.31. The highest BCUT2D eigenvalue weighted by molar-refractivity contribution is 5.95. The van der Waals surface area contributed by atoms with E-state index in [0.717, 1.165) is 44.5 Å². The van der Waals surface area contributed by atoms with Crippen molar-refractivity contribution in [3.05, 3.63) is 120 Å². The molecule has 2 N–H and O–H groups in total. The maximum absolute atomic E-state index is 9.87. The highest BCUT2D eigenvalue weighted by Gasteiger charge is 2.16. The maximum atomic E-state index is 9.87. The summed E-state index contributed by atoms with van der Waals surface area (Å²) >= 11 is 0. The minimum atomic E-state index is 0.250. The molecule has 2 heteroatoms. The van der Waals surface area contributed by atoms with Crippen LogP contribution in [0.25, 0.3) is 44.5 Å². The van der Waals surface area contributed by atoms with Crippen LogP contribution < -0.4 is 0 Å². The molecular formula is C32H26O2. The number of aryl methyl sites for hydroxylation is 2. The summed E-state index contributed by atoms with van der Waals surface area (Å²) in [5.74, 6) is 0.500. The number of aromatic hydroxyl groups is 2. The van der Waals surface area contributed by atoms with Gasteiger partial charge >= 0.3 is 0 Å². The zero-order valence-electron chi connectivity index (χ0n) is 19.3. The van der Waals surface area contributed by atoms with Gasteiger partial charge in [0.05, 0.1) is 0 Å². The Morgan fingerprint density at radius 2 is 0.588 bits per heavy atom. The Morgan fingerprint density at radius 1 is 0.353 bits per heavy atom. The summed E-state index contributed by atoms with van der Waals surface area (Å²) in [5.41, 5.74) is 11.2. The molecule has 0 spiro atoms. The van der Waals surface area contributed by atoms with Crippen LogP contribution in [0.1, 0.15) is 11.1 Å². The molecule has 34 heavy (non-hydrogen) atoms. The van der Waals surface area contributed by atoms with Crippen molar-refractivity contribution in [2.75, 3.05) is 0 Å². The van der Waals surface area contributed by atoms with Crippen LogP contribution in [0.15, 0.2) is 109 Å². The van der Waals surface area contributed by atoms with E-state index in [9.17, 15) is 10.2 Å². The van der Waals surface area contributed by atoms with E-state index < -0.39 is 0 Å². The van der Waals surface area contributed by atoms with E-state index in [1.54, 1.807) is 24.3 Å². The molecule has 0 unspecified atom stereocenters. The maximum Gasteiger partial charge on any atom is 0.115 e. The number of phenolic OH excluding ortho intramolecular Hbond substituents is 2. The van der Waals surface area contributed by atoms with Gasteiger partial charge in [-0.05, 0) is 94.8 Å². The van der Waals surface area contributed by atoms with Gasteiger partial charge in [0, 0.05) is 0 Å². The summed E-state index contributed by atoms with van der Waals surface area (Å²) in [4.78, 5) is 0. The van der Waals surface area contributed by atoms with Crippen molar-refractivity contribution in [2.45, 2.75) is 13.8 Å². The SMILES string of the molecule is Cc1ccc(-c2cc(-c3ccc(O)cc3)c(-c3ccc(C)cc3)cc2-c2ccc(O)cc2)cc1. The summed E-state index contributed by atoms with van der Waals surface area (Å²) in [5, 5.41) is 19.7. The monoisotopic (exact) mass is 442 g/mol. The van der Waals surface area contributed by atoms with Crippen LogP contribution in [0.2, 0.25) is 0 Å². The van der Waals surface area contributed by atoms with E-state index in [1.807, 2.05) is 24.3 Å². The van der Waals surface area contributed by atoms with Crippen LogP contribution in [0.3, 0.4) is 0 Å². The Hall–Kier alpha value is -4.30. The van der Waals surface area contributed by atoms with Gasteiger partial charge in [0.15, 0.2) is 0 Å². The minimum Gasteiger partial charge on any atom is -0.508 e. The molecule has 0 aliphatic heterocycles. The van der Waals surface area contributed by atoms with Gasteiger partial charge in [0.2, 0.25) is 0 Å². The molecule has 0 radical (unpaired) electrons. The van der Waals surface area contributed by atoms with Crippen molar-refractivity contribution in [2.24, 2.45) is 0 Å². The summed E-state index contributed by atoms with van der Waals surface area (Å²) in [6.07, 6.45) is 0. The number of rotatable bonds is 4. The molecular weight excluding hydrogens is 416 g/mol. The summed E-state index contributed by atoms with van der Waals surface area (Å²) in [6.45, 7) is 4.18. The van der Waals surface area contributed by atoms with Gasteiger partial charge in [-0.15, -0.1) is 0 Å². The van der Waals surface area contributed by atoms with Crippen molar-refractivity contribution in [1.82, 2.24) is 0 Å². The summed E-state index contributed by atoms with van der Waals surface area (Å²) in [6, 6.07) is 36.4. The number of phenols is 2. The van der Waals surface area contributed by atoms with Gasteiger partial charge in [-0.25, -0.2) is 0 Å². The van der Waals surface area contributed by atoms with Crippen LogP contribution in [0, 0.1) is 13.8 Å². The molecule has 0 saturated carbocycles. The third-order valence-corrected chi connectivity index (χ3v) is 6.24. The number of hydrogen-bond acceptors (Lipinski definition) is 2. The Labute approximate surface area is 200 Å². The summed E-state index contributed by atoms with van der Waals surface area (Å²) in [7, 11) is 0. The van der Waals surface area contributed by atoms with Crippen LogP contribution in [0.4, 0.5) is 0 Å². The fourth-order valence-electron chi connectivity index (χ4n) is 4.30. The first kappa shape index (κ1) is 21.5. The van der Waals surface area contributed by atoms with Crippen LogP contribution in [-0.4, -0.2) is 10.2 Å². The average molecular weight is 443 g/mol. The summed E-state index contributed by atoms with van der Waals surface area (Å²) < 4.78 is 0. The van der Waals surface area contributed by atoms with Crippen molar-refractivity contribution in [3.8, 4) is 56.0 Å². The van der Waals surface area contributed by atoms with Gasteiger partial charge in [-0.3, -0.25) is 0 Å². The zero-order valence-corrected chi connectivity index (χ0v) is 19.3. The zero-order chi connectivity index (χ0) is 23.7. The highest BCUT2D eigenvalue weighted by Crippen LogP contribution is 2.42. The topological polar surface area (TPSA) is 40.5 Å². The van der Waals surface area contributed by atoms with Gasteiger partial charge < -0.3 is 10.2 Å². The van der Waals surface area contributed by atoms with E-state index in [1.165, 1.54) is 11.1 Å². The van der Waals surface area contributed by atoms with Crippen molar-refractivity contribution >= 4 is 0 Å². The Morgan fingerprint density at radius 3 is 0.853 bits per heavy atom. The van der Waals surface area contributed by atoms with Gasteiger partial charge in [0.1, 0.15) is 11.5 Å². The molecule has 166 valence electrons. The predicted molar refractivity (Wildman–Crippen MR) is 141 cm³/mol. The third-order valence-electron chi connectivity index (χ3n) is 6.24. The highest BCUT2D eigenvalue weighted by atomic mass is 16.3. The smallest absolute Gasteiger partial charge is 0.115 e. The lowest BCUT2D eigenvalue weighted by Gasteiger charge is -2.18. The molecule has 0 heterocycles. The Kier molecular flexibility index (Phi) is 5.65. The van der Waals surface area contributed by atoms with E-state index >= 15 is 0 Å². The molecule has 5 aromatic carbocycles.